The summed E-state index contributed by atoms with van der Waals surface area (Å²) in [5, 5.41) is 9.18. The van der Waals surface area contributed by atoms with E-state index in [9.17, 15) is 14.7 Å². The van der Waals surface area contributed by atoms with Crippen molar-refractivity contribution in [3.05, 3.63) is 42.0 Å². The van der Waals surface area contributed by atoms with Crippen molar-refractivity contribution in [3.8, 4) is 0 Å². The maximum Gasteiger partial charge on any atom is 0.307 e. The molecule has 0 aliphatic rings. The predicted octanol–water partition coefficient (Wildman–Crippen LogP) is 3.52. The van der Waals surface area contributed by atoms with E-state index in [1.54, 1.807) is 26.8 Å². The van der Waals surface area contributed by atoms with Gasteiger partial charge in [0.15, 0.2) is 0 Å². The van der Waals surface area contributed by atoms with Crippen LogP contribution in [-0.4, -0.2) is 22.6 Å². The SMILES string of the molecule is CC(C)(C)OC(=O)C[C@@H](C/C=C/c1ccccc1)C(=O)O. The number of carboxylic acid groups (broad SMARTS) is 1. The molecule has 0 aromatic heterocycles. The van der Waals surface area contributed by atoms with Crippen LogP contribution in [0.5, 0.6) is 0 Å². The van der Waals surface area contributed by atoms with Crippen LogP contribution < -0.4 is 0 Å². The molecule has 1 rings (SSSR count). The molecule has 0 radical (unpaired) electrons. The second kappa shape index (κ2) is 7.62. The third-order valence-corrected chi connectivity index (χ3v) is 2.71. The van der Waals surface area contributed by atoms with E-state index in [1.807, 2.05) is 36.4 Å². The van der Waals surface area contributed by atoms with Gasteiger partial charge in [-0.3, -0.25) is 9.59 Å². The van der Waals surface area contributed by atoms with E-state index in [0.29, 0.717) is 6.42 Å². The van der Waals surface area contributed by atoms with Crippen LogP contribution in [0.4, 0.5) is 0 Å². The van der Waals surface area contributed by atoms with Crippen LogP contribution in [-0.2, 0) is 14.3 Å². The monoisotopic (exact) mass is 290 g/mol. The van der Waals surface area contributed by atoms with Crippen molar-refractivity contribution < 1.29 is 19.4 Å². The van der Waals surface area contributed by atoms with Crippen molar-refractivity contribution in [2.24, 2.45) is 5.92 Å². The molecule has 0 aliphatic heterocycles. The number of benzene rings is 1. The number of carboxylic acids is 1. The van der Waals surface area contributed by atoms with E-state index in [-0.39, 0.29) is 6.42 Å². The Hall–Kier alpha value is -2.10. The third-order valence-electron chi connectivity index (χ3n) is 2.71. The zero-order valence-corrected chi connectivity index (χ0v) is 12.7. The number of hydrogen-bond donors (Lipinski definition) is 1. The lowest BCUT2D eigenvalue weighted by Gasteiger charge is -2.20. The normalized spacial score (nSPS) is 13.1. The highest BCUT2D eigenvalue weighted by Crippen LogP contribution is 2.16. The van der Waals surface area contributed by atoms with Crippen molar-refractivity contribution in [1.29, 1.82) is 0 Å². The third kappa shape index (κ3) is 7.30. The Morgan fingerprint density at radius 2 is 1.86 bits per heavy atom. The fourth-order valence-corrected chi connectivity index (χ4v) is 1.79. The van der Waals surface area contributed by atoms with Crippen molar-refractivity contribution in [3.63, 3.8) is 0 Å². The molecule has 114 valence electrons. The van der Waals surface area contributed by atoms with E-state index in [4.69, 9.17) is 4.74 Å². The lowest BCUT2D eigenvalue weighted by Crippen LogP contribution is -2.27. The number of esters is 1. The molecule has 0 aliphatic carbocycles. The van der Waals surface area contributed by atoms with Crippen LogP contribution in [0.1, 0.15) is 39.2 Å². The molecule has 0 spiro atoms. The number of allylic oxidation sites excluding steroid dienone is 1. The molecule has 0 saturated carbocycles. The van der Waals surface area contributed by atoms with Gasteiger partial charge in [-0.05, 0) is 32.8 Å². The minimum absolute atomic E-state index is 0.119. The van der Waals surface area contributed by atoms with Gasteiger partial charge < -0.3 is 9.84 Å². The van der Waals surface area contributed by atoms with Crippen LogP contribution in [0.3, 0.4) is 0 Å². The molecule has 0 unspecified atom stereocenters. The Labute approximate surface area is 125 Å². The molecule has 4 heteroatoms. The van der Waals surface area contributed by atoms with Gasteiger partial charge in [-0.15, -0.1) is 0 Å². The van der Waals surface area contributed by atoms with Crippen LogP contribution in [0.2, 0.25) is 0 Å². The predicted molar refractivity (Wildman–Crippen MR) is 81.7 cm³/mol. The summed E-state index contributed by atoms with van der Waals surface area (Å²) in [6.45, 7) is 5.28. The molecule has 1 N–H and O–H groups in total. The van der Waals surface area contributed by atoms with E-state index < -0.39 is 23.5 Å². The molecule has 4 nitrogen and oxygen atoms in total. The summed E-state index contributed by atoms with van der Waals surface area (Å²) >= 11 is 0. The molecule has 0 bridgehead atoms. The largest absolute Gasteiger partial charge is 0.481 e. The average molecular weight is 290 g/mol. The molecule has 1 aromatic rings. The second-order valence-electron chi connectivity index (χ2n) is 5.87. The topological polar surface area (TPSA) is 63.6 Å². The summed E-state index contributed by atoms with van der Waals surface area (Å²) in [4.78, 5) is 22.9. The fourth-order valence-electron chi connectivity index (χ4n) is 1.79. The molecule has 0 heterocycles. The maximum absolute atomic E-state index is 11.7. The summed E-state index contributed by atoms with van der Waals surface area (Å²) in [6.07, 6.45) is 3.80. The van der Waals surface area contributed by atoms with E-state index in [2.05, 4.69) is 0 Å². The van der Waals surface area contributed by atoms with Crippen molar-refractivity contribution in [2.45, 2.75) is 39.2 Å². The van der Waals surface area contributed by atoms with Crippen LogP contribution in [0, 0.1) is 5.92 Å². The summed E-state index contributed by atoms with van der Waals surface area (Å²) in [5.41, 5.74) is 0.402. The summed E-state index contributed by atoms with van der Waals surface area (Å²) in [7, 11) is 0. The number of aliphatic carboxylic acids is 1. The number of carbonyl (C=O) groups is 2. The standard InChI is InChI=1S/C17H22O4/c1-17(2,3)21-15(18)12-14(16(19)20)11-7-10-13-8-5-4-6-9-13/h4-10,14H,11-12H2,1-3H3,(H,19,20)/b10-7+/t14-/m1/s1. The van der Waals surface area contributed by atoms with Gasteiger partial charge in [0.2, 0.25) is 0 Å². The van der Waals surface area contributed by atoms with Crippen molar-refractivity contribution >= 4 is 18.0 Å². The van der Waals surface area contributed by atoms with Crippen LogP contribution in [0.25, 0.3) is 6.08 Å². The van der Waals surface area contributed by atoms with Gasteiger partial charge in [-0.2, -0.15) is 0 Å². The quantitative estimate of drug-likeness (QED) is 0.814. The van der Waals surface area contributed by atoms with Gasteiger partial charge in [0.25, 0.3) is 0 Å². The van der Waals surface area contributed by atoms with Crippen LogP contribution >= 0.6 is 0 Å². The highest BCUT2D eigenvalue weighted by atomic mass is 16.6. The lowest BCUT2D eigenvalue weighted by atomic mass is 10.0. The van der Waals surface area contributed by atoms with E-state index >= 15 is 0 Å². The first kappa shape index (κ1) is 17.0. The van der Waals surface area contributed by atoms with Gasteiger partial charge >= 0.3 is 11.9 Å². The summed E-state index contributed by atoms with van der Waals surface area (Å²) in [6, 6.07) is 9.60. The lowest BCUT2D eigenvalue weighted by molar-refractivity contribution is -0.159. The zero-order chi connectivity index (χ0) is 15.9. The maximum atomic E-state index is 11.7. The number of hydrogen-bond acceptors (Lipinski definition) is 3. The molecule has 0 fully saturated rings. The fraction of sp³-hybridized carbons (Fsp3) is 0.412. The molecule has 0 saturated heterocycles. The zero-order valence-electron chi connectivity index (χ0n) is 12.7. The summed E-state index contributed by atoms with van der Waals surface area (Å²) in [5.74, 6) is -2.23. The average Bonchev–Trinajstić information content (AvgIpc) is 2.36. The highest BCUT2D eigenvalue weighted by molar-refractivity contribution is 5.79. The van der Waals surface area contributed by atoms with Crippen LogP contribution in [0.15, 0.2) is 36.4 Å². The Bertz CT molecular complexity index is 497. The van der Waals surface area contributed by atoms with Gasteiger partial charge in [0.1, 0.15) is 5.60 Å². The first-order valence-corrected chi connectivity index (χ1v) is 6.94. The minimum atomic E-state index is -0.987. The molecule has 0 amide bonds. The highest BCUT2D eigenvalue weighted by Gasteiger charge is 2.24. The van der Waals surface area contributed by atoms with Crippen molar-refractivity contribution in [2.75, 3.05) is 0 Å². The number of carbonyl (C=O) groups excluding carboxylic acids is 1. The molecular weight excluding hydrogens is 268 g/mol. The van der Waals surface area contributed by atoms with E-state index in [0.717, 1.165) is 5.56 Å². The Kier molecular flexibility index (Phi) is 6.15. The molecule has 1 aromatic carbocycles. The van der Waals surface area contributed by atoms with Gasteiger partial charge in [-0.1, -0.05) is 42.5 Å². The van der Waals surface area contributed by atoms with Crippen molar-refractivity contribution in [1.82, 2.24) is 0 Å². The van der Waals surface area contributed by atoms with Gasteiger partial charge in [0.05, 0.1) is 12.3 Å². The second-order valence-corrected chi connectivity index (χ2v) is 5.87. The minimum Gasteiger partial charge on any atom is -0.481 e. The van der Waals surface area contributed by atoms with Gasteiger partial charge in [0, 0.05) is 0 Å². The summed E-state index contributed by atoms with van der Waals surface area (Å²) < 4.78 is 5.16. The van der Waals surface area contributed by atoms with E-state index in [1.165, 1.54) is 0 Å². The Morgan fingerprint density at radius 3 is 2.38 bits per heavy atom. The smallest absolute Gasteiger partial charge is 0.307 e. The first-order valence-electron chi connectivity index (χ1n) is 6.94. The Morgan fingerprint density at radius 1 is 1.24 bits per heavy atom. The number of rotatable bonds is 6. The first-order chi connectivity index (χ1) is 9.78. The molecule has 1 atom stereocenters. The molecule has 21 heavy (non-hydrogen) atoms. The Balaban J connectivity index is 2.56. The number of ether oxygens (including phenoxy) is 1. The van der Waals surface area contributed by atoms with Gasteiger partial charge in [-0.25, -0.2) is 0 Å². The molecular formula is C17H22O4.